The summed E-state index contributed by atoms with van der Waals surface area (Å²) in [6.07, 6.45) is 8.28. The topological polar surface area (TPSA) is 56.5 Å². The summed E-state index contributed by atoms with van der Waals surface area (Å²) in [5.41, 5.74) is 2.21. The Hall–Kier alpha value is -2.56. The van der Waals surface area contributed by atoms with E-state index in [4.69, 9.17) is 0 Å². The van der Waals surface area contributed by atoms with Crippen LogP contribution in [-0.4, -0.2) is 24.7 Å². The van der Waals surface area contributed by atoms with Crippen molar-refractivity contribution in [2.24, 2.45) is 0 Å². The number of aryl methyl sites for hydroxylation is 1. The molecule has 1 atom stereocenters. The van der Waals surface area contributed by atoms with Crippen molar-refractivity contribution in [1.82, 2.24) is 24.7 Å². The third-order valence-electron chi connectivity index (χ3n) is 4.31. The zero-order valence-electron chi connectivity index (χ0n) is 12.3. The molecule has 110 valence electrons. The van der Waals surface area contributed by atoms with E-state index in [9.17, 15) is 0 Å². The van der Waals surface area contributed by atoms with Gasteiger partial charge in [0.1, 0.15) is 11.5 Å². The highest BCUT2D eigenvalue weighted by atomic mass is 15.3. The van der Waals surface area contributed by atoms with Crippen LogP contribution in [0.2, 0.25) is 0 Å². The minimum atomic E-state index is 0.581. The van der Waals surface area contributed by atoms with Crippen LogP contribution in [0.5, 0.6) is 0 Å². The summed E-state index contributed by atoms with van der Waals surface area (Å²) < 4.78 is 2.20. The van der Waals surface area contributed by atoms with Gasteiger partial charge in [-0.15, -0.1) is 10.2 Å². The molecule has 0 radical (unpaired) electrons. The van der Waals surface area contributed by atoms with Crippen LogP contribution >= 0.6 is 0 Å². The number of hydrogen-bond acceptors (Lipinski definition) is 4. The molecule has 4 rings (SSSR count). The Balaban J connectivity index is 1.62. The second-order valence-corrected chi connectivity index (χ2v) is 5.62. The lowest BCUT2D eigenvalue weighted by Gasteiger charge is -2.14. The van der Waals surface area contributed by atoms with Gasteiger partial charge in [0.15, 0.2) is 5.82 Å². The third-order valence-corrected chi connectivity index (χ3v) is 4.31. The zero-order chi connectivity index (χ0) is 14.8. The van der Waals surface area contributed by atoms with Crippen LogP contribution in [0.3, 0.4) is 0 Å². The molecule has 0 amide bonds. The molecule has 22 heavy (non-hydrogen) atoms. The van der Waals surface area contributed by atoms with E-state index in [-0.39, 0.29) is 0 Å². The van der Waals surface area contributed by atoms with E-state index in [0.29, 0.717) is 5.92 Å². The molecule has 0 saturated heterocycles. The minimum absolute atomic E-state index is 0.581. The third kappa shape index (κ3) is 2.39. The molecular formula is C17H17N5. The Morgan fingerprint density at radius 2 is 1.91 bits per heavy atom. The quantitative estimate of drug-likeness (QED) is 0.728. The van der Waals surface area contributed by atoms with Gasteiger partial charge in [-0.25, -0.2) is 4.98 Å². The number of rotatable bonds is 2. The van der Waals surface area contributed by atoms with Crippen LogP contribution < -0.4 is 0 Å². The van der Waals surface area contributed by atoms with E-state index in [0.717, 1.165) is 43.1 Å². The standard InChI is InChI=1S/C17H17N5/c1-2-4-13(5-3-1)14-6-7-16-20-21-17(22(16)11-8-14)15-12-18-9-10-19-15/h1-5,9-10,12,14H,6-8,11H2. The summed E-state index contributed by atoms with van der Waals surface area (Å²) >= 11 is 0. The van der Waals surface area contributed by atoms with E-state index in [1.54, 1.807) is 18.6 Å². The van der Waals surface area contributed by atoms with Gasteiger partial charge in [0.05, 0.1) is 6.20 Å². The van der Waals surface area contributed by atoms with E-state index >= 15 is 0 Å². The van der Waals surface area contributed by atoms with Crippen LogP contribution in [0, 0.1) is 0 Å². The van der Waals surface area contributed by atoms with Crippen LogP contribution in [-0.2, 0) is 13.0 Å². The number of benzene rings is 1. The first-order chi connectivity index (χ1) is 10.9. The first-order valence-electron chi connectivity index (χ1n) is 7.65. The molecule has 0 aliphatic carbocycles. The molecule has 1 unspecified atom stereocenters. The molecule has 0 bridgehead atoms. The number of aromatic nitrogens is 5. The molecule has 3 heterocycles. The van der Waals surface area contributed by atoms with Gasteiger partial charge in [0.2, 0.25) is 0 Å². The second kappa shape index (κ2) is 5.67. The van der Waals surface area contributed by atoms with E-state index in [1.165, 1.54) is 5.56 Å². The average molecular weight is 291 g/mol. The first-order valence-corrected chi connectivity index (χ1v) is 7.65. The Kier molecular flexibility index (Phi) is 3.39. The van der Waals surface area contributed by atoms with Gasteiger partial charge in [-0.05, 0) is 24.3 Å². The zero-order valence-corrected chi connectivity index (χ0v) is 12.3. The predicted octanol–water partition coefficient (Wildman–Crippen LogP) is 2.86. The first kappa shape index (κ1) is 13.1. The summed E-state index contributed by atoms with van der Waals surface area (Å²) in [6, 6.07) is 10.7. The molecule has 1 aromatic carbocycles. The second-order valence-electron chi connectivity index (χ2n) is 5.62. The molecule has 2 aromatic heterocycles. The average Bonchev–Trinajstić information content (AvgIpc) is 2.88. The molecule has 0 saturated carbocycles. The predicted molar refractivity (Wildman–Crippen MR) is 83.2 cm³/mol. The normalized spacial score (nSPS) is 17.7. The van der Waals surface area contributed by atoms with E-state index in [2.05, 4.69) is 55.1 Å². The molecule has 1 aliphatic heterocycles. The maximum atomic E-state index is 4.37. The van der Waals surface area contributed by atoms with Gasteiger partial charge in [-0.2, -0.15) is 0 Å². The van der Waals surface area contributed by atoms with Crippen molar-refractivity contribution in [2.45, 2.75) is 31.7 Å². The van der Waals surface area contributed by atoms with Crippen molar-refractivity contribution in [3.63, 3.8) is 0 Å². The van der Waals surface area contributed by atoms with Crippen molar-refractivity contribution in [3.8, 4) is 11.5 Å². The Morgan fingerprint density at radius 1 is 1.00 bits per heavy atom. The van der Waals surface area contributed by atoms with Gasteiger partial charge in [0, 0.05) is 25.4 Å². The highest BCUT2D eigenvalue weighted by Gasteiger charge is 2.22. The van der Waals surface area contributed by atoms with Crippen molar-refractivity contribution in [3.05, 3.63) is 60.3 Å². The van der Waals surface area contributed by atoms with Crippen molar-refractivity contribution >= 4 is 0 Å². The summed E-state index contributed by atoms with van der Waals surface area (Å²) in [4.78, 5) is 8.48. The minimum Gasteiger partial charge on any atom is -0.310 e. The van der Waals surface area contributed by atoms with Crippen LogP contribution in [0.15, 0.2) is 48.9 Å². The number of hydrogen-bond donors (Lipinski definition) is 0. The molecule has 1 aliphatic rings. The van der Waals surface area contributed by atoms with Gasteiger partial charge in [0.25, 0.3) is 0 Å². The van der Waals surface area contributed by atoms with E-state index < -0.39 is 0 Å². The number of fused-ring (bicyclic) bond motifs is 1. The lowest BCUT2D eigenvalue weighted by Crippen LogP contribution is -2.05. The summed E-state index contributed by atoms with van der Waals surface area (Å²) in [7, 11) is 0. The molecule has 0 spiro atoms. The van der Waals surface area contributed by atoms with Crippen LogP contribution in [0.4, 0.5) is 0 Å². The highest BCUT2D eigenvalue weighted by Crippen LogP contribution is 2.30. The Morgan fingerprint density at radius 3 is 2.73 bits per heavy atom. The Bertz CT molecular complexity index is 751. The molecule has 3 aromatic rings. The summed E-state index contributed by atoms with van der Waals surface area (Å²) in [5, 5.41) is 8.68. The van der Waals surface area contributed by atoms with Gasteiger partial charge in [-0.3, -0.25) is 4.98 Å². The van der Waals surface area contributed by atoms with Crippen molar-refractivity contribution in [1.29, 1.82) is 0 Å². The van der Waals surface area contributed by atoms with Crippen molar-refractivity contribution in [2.75, 3.05) is 0 Å². The van der Waals surface area contributed by atoms with Gasteiger partial charge >= 0.3 is 0 Å². The fourth-order valence-corrected chi connectivity index (χ4v) is 3.15. The smallest absolute Gasteiger partial charge is 0.184 e. The molecule has 0 N–H and O–H groups in total. The van der Waals surface area contributed by atoms with Crippen LogP contribution in [0.25, 0.3) is 11.5 Å². The molecule has 0 fully saturated rings. The maximum absolute atomic E-state index is 4.37. The molecular weight excluding hydrogens is 274 g/mol. The lowest BCUT2D eigenvalue weighted by atomic mass is 9.92. The van der Waals surface area contributed by atoms with Crippen molar-refractivity contribution < 1.29 is 0 Å². The SMILES string of the molecule is c1ccc(C2CCc3nnc(-c4cnccn4)n3CC2)cc1. The monoisotopic (exact) mass is 291 g/mol. The fraction of sp³-hybridized carbons (Fsp3) is 0.294. The maximum Gasteiger partial charge on any atom is 0.184 e. The number of nitrogens with zero attached hydrogens (tertiary/aromatic N) is 5. The molecule has 5 heteroatoms. The highest BCUT2D eigenvalue weighted by molar-refractivity contribution is 5.47. The van der Waals surface area contributed by atoms with Gasteiger partial charge < -0.3 is 4.57 Å². The van der Waals surface area contributed by atoms with Gasteiger partial charge in [-0.1, -0.05) is 30.3 Å². The fourth-order valence-electron chi connectivity index (χ4n) is 3.15. The molecule has 5 nitrogen and oxygen atoms in total. The summed E-state index contributed by atoms with van der Waals surface area (Å²) in [6.45, 7) is 0.924. The summed E-state index contributed by atoms with van der Waals surface area (Å²) in [5.74, 6) is 2.47. The Labute approximate surface area is 129 Å². The largest absolute Gasteiger partial charge is 0.310 e. The van der Waals surface area contributed by atoms with E-state index in [1.807, 2.05) is 0 Å². The lowest BCUT2D eigenvalue weighted by molar-refractivity contribution is 0.561. The van der Waals surface area contributed by atoms with Crippen LogP contribution in [0.1, 0.15) is 30.1 Å².